The van der Waals surface area contributed by atoms with E-state index >= 15 is 0 Å². The summed E-state index contributed by atoms with van der Waals surface area (Å²) in [6, 6.07) is 10.4. The van der Waals surface area contributed by atoms with Gasteiger partial charge in [0.25, 0.3) is 0 Å². The summed E-state index contributed by atoms with van der Waals surface area (Å²) in [7, 11) is 0. The van der Waals surface area contributed by atoms with E-state index in [1.807, 2.05) is 18.2 Å². The van der Waals surface area contributed by atoms with E-state index in [0.717, 1.165) is 39.0 Å². The average Bonchev–Trinajstić information content (AvgIpc) is 3.26. The molecule has 3 aliphatic rings. The number of likely N-dealkylation sites (tertiary alicyclic amines) is 1. The summed E-state index contributed by atoms with van der Waals surface area (Å²) in [6.45, 7) is 4.81. The largest absolute Gasteiger partial charge is 0.342 e. The van der Waals surface area contributed by atoms with E-state index in [0.29, 0.717) is 17.9 Å². The van der Waals surface area contributed by atoms with Crippen molar-refractivity contribution in [2.24, 2.45) is 11.3 Å². The molecular weight excluding hydrogens is 288 g/mol. The SMILES string of the molecule is O=C(C1CNNC1c1ccccc1)N1CCC2(CCNC2)CC1. The van der Waals surface area contributed by atoms with E-state index in [9.17, 15) is 4.79 Å². The molecule has 0 bridgehead atoms. The highest BCUT2D eigenvalue weighted by molar-refractivity contribution is 5.80. The molecule has 1 aromatic carbocycles. The van der Waals surface area contributed by atoms with Crippen LogP contribution in [0.15, 0.2) is 30.3 Å². The third kappa shape index (κ3) is 2.89. The van der Waals surface area contributed by atoms with Crippen LogP contribution in [0.5, 0.6) is 0 Å². The molecule has 5 nitrogen and oxygen atoms in total. The lowest BCUT2D eigenvalue weighted by Crippen LogP contribution is -2.47. The average molecular weight is 314 g/mol. The molecule has 2 atom stereocenters. The molecule has 3 fully saturated rings. The standard InChI is InChI=1S/C18H26N4O/c23-17(22-10-7-18(8-11-22)6-9-19-13-18)15-12-20-21-16(15)14-4-2-1-3-5-14/h1-5,15-16,19-21H,6-13H2. The van der Waals surface area contributed by atoms with E-state index in [-0.39, 0.29) is 12.0 Å². The van der Waals surface area contributed by atoms with Crippen LogP contribution in [-0.2, 0) is 4.79 Å². The molecule has 3 aliphatic heterocycles. The molecule has 2 unspecified atom stereocenters. The van der Waals surface area contributed by atoms with Gasteiger partial charge in [0.15, 0.2) is 0 Å². The van der Waals surface area contributed by atoms with Gasteiger partial charge in [0.05, 0.1) is 12.0 Å². The minimum Gasteiger partial charge on any atom is -0.342 e. The molecule has 5 heteroatoms. The minimum absolute atomic E-state index is 0.00634. The van der Waals surface area contributed by atoms with Gasteiger partial charge in [-0.2, -0.15) is 0 Å². The Kier molecular flexibility index (Phi) is 4.09. The Balaban J connectivity index is 1.42. The number of nitrogens with zero attached hydrogens (tertiary/aromatic N) is 1. The van der Waals surface area contributed by atoms with Crippen molar-refractivity contribution in [2.45, 2.75) is 25.3 Å². The second kappa shape index (κ2) is 6.23. The number of hydrogen-bond acceptors (Lipinski definition) is 4. The topological polar surface area (TPSA) is 56.4 Å². The number of nitrogens with one attached hydrogen (secondary N) is 3. The third-order valence-corrected chi connectivity index (χ3v) is 5.93. The van der Waals surface area contributed by atoms with Crippen LogP contribution < -0.4 is 16.2 Å². The van der Waals surface area contributed by atoms with Gasteiger partial charge >= 0.3 is 0 Å². The van der Waals surface area contributed by atoms with Gasteiger partial charge < -0.3 is 10.2 Å². The van der Waals surface area contributed by atoms with Crippen molar-refractivity contribution in [3.63, 3.8) is 0 Å². The number of hydrogen-bond donors (Lipinski definition) is 3. The van der Waals surface area contributed by atoms with E-state index in [1.54, 1.807) is 0 Å². The van der Waals surface area contributed by atoms with Crippen LogP contribution >= 0.6 is 0 Å². The van der Waals surface area contributed by atoms with Crippen molar-refractivity contribution in [1.82, 2.24) is 21.1 Å². The molecular formula is C18H26N4O. The van der Waals surface area contributed by atoms with E-state index in [2.05, 4.69) is 33.2 Å². The Hall–Kier alpha value is -1.43. The highest BCUT2D eigenvalue weighted by Crippen LogP contribution is 2.38. The van der Waals surface area contributed by atoms with Crippen LogP contribution in [0.25, 0.3) is 0 Å². The van der Waals surface area contributed by atoms with Crippen LogP contribution in [0.2, 0.25) is 0 Å². The summed E-state index contributed by atoms with van der Waals surface area (Å²) in [6.07, 6.45) is 3.57. The van der Waals surface area contributed by atoms with Gasteiger partial charge in [-0.15, -0.1) is 0 Å². The number of benzene rings is 1. The second-order valence-electron chi connectivity index (χ2n) is 7.27. The van der Waals surface area contributed by atoms with Crippen molar-refractivity contribution in [3.05, 3.63) is 35.9 Å². The van der Waals surface area contributed by atoms with Crippen LogP contribution in [0.1, 0.15) is 30.9 Å². The van der Waals surface area contributed by atoms with Crippen molar-refractivity contribution in [3.8, 4) is 0 Å². The maximum absolute atomic E-state index is 13.0. The molecule has 1 amide bonds. The molecule has 3 heterocycles. The Bertz CT molecular complexity index is 545. The maximum Gasteiger partial charge on any atom is 0.229 e. The number of hydrazine groups is 1. The van der Waals surface area contributed by atoms with Gasteiger partial charge in [0, 0.05) is 26.2 Å². The first-order valence-corrected chi connectivity index (χ1v) is 8.80. The molecule has 4 rings (SSSR count). The van der Waals surface area contributed by atoms with Gasteiger partial charge in [-0.25, -0.2) is 5.43 Å². The zero-order chi connectivity index (χ0) is 15.7. The number of carbonyl (C=O) groups excluding carboxylic acids is 1. The fourth-order valence-corrected chi connectivity index (χ4v) is 4.36. The summed E-state index contributed by atoms with van der Waals surface area (Å²) in [5.41, 5.74) is 8.11. The Labute approximate surface area is 137 Å². The second-order valence-corrected chi connectivity index (χ2v) is 7.27. The first-order valence-electron chi connectivity index (χ1n) is 8.80. The molecule has 0 saturated carbocycles. The fraction of sp³-hybridized carbons (Fsp3) is 0.611. The normalized spacial score (nSPS) is 30.0. The van der Waals surface area contributed by atoms with Crippen molar-refractivity contribution < 1.29 is 4.79 Å². The van der Waals surface area contributed by atoms with Gasteiger partial charge in [-0.1, -0.05) is 30.3 Å². The van der Waals surface area contributed by atoms with E-state index in [4.69, 9.17) is 0 Å². The lowest BCUT2D eigenvalue weighted by Gasteiger charge is -2.40. The van der Waals surface area contributed by atoms with Crippen LogP contribution in [0.4, 0.5) is 0 Å². The summed E-state index contributed by atoms with van der Waals surface area (Å²) < 4.78 is 0. The maximum atomic E-state index is 13.0. The summed E-state index contributed by atoms with van der Waals surface area (Å²) in [5.74, 6) is 0.297. The lowest BCUT2D eigenvalue weighted by molar-refractivity contribution is -0.137. The summed E-state index contributed by atoms with van der Waals surface area (Å²) in [4.78, 5) is 15.1. The Morgan fingerprint density at radius 2 is 1.91 bits per heavy atom. The molecule has 1 aromatic rings. The number of piperidine rings is 1. The minimum atomic E-state index is -0.00634. The summed E-state index contributed by atoms with van der Waals surface area (Å²) in [5, 5.41) is 3.49. The molecule has 3 saturated heterocycles. The monoisotopic (exact) mass is 314 g/mol. The van der Waals surface area contributed by atoms with Crippen LogP contribution in [0.3, 0.4) is 0 Å². The van der Waals surface area contributed by atoms with E-state index in [1.165, 1.54) is 12.0 Å². The zero-order valence-corrected chi connectivity index (χ0v) is 13.6. The predicted octanol–water partition coefficient (Wildman–Crippen LogP) is 1.05. The smallest absolute Gasteiger partial charge is 0.229 e. The number of rotatable bonds is 2. The molecule has 23 heavy (non-hydrogen) atoms. The molecule has 0 aliphatic carbocycles. The molecule has 3 N–H and O–H groups in total. The van der Waals surface area contributed by atoms with Gasteiger partial charge in [-0.3, -0.25) is 10.2 Å². The van der Waals surface area contributed by atoms with Crippen molar-refractivity contribution in [1.29, 1.82) is 0 Å². The fourth-order valence-electron chi connectivity index (χ4n) is 4.36. The lowest BCUT2D eigenvalue weighted by atomic mass is 9.77. The first-order chi connectivity index (χ1) is 11.3. The highest BCUT2D eigenvalue weighted by Gasteiger charge is 2.41. The molecule has 124 valence electrons. The summed E-state index contributed by atoms with van der Waals surface area (Å²) >= 11 is 0. The number of carbonyl (C=O) groups is 1. The third-order valence-electron chi connectivity index (χ3n) is 5.93. The molecule has 0 radical (unpaired) electrons. The van der Waals surface area contributed by atoms with Crippen LogP contribution in [-0.4, -0.2) is 43.5 Å². The van der Waals surface area contributed by atoms with Crippen LogP contribution in [0, 0.1) is 11.3 Å². The highest BCUT2D eigenvalue weighted by atomic mass is 16.2. The van der Waals surface area contributed by atoms with Crippen molar-refractivity contribution in [2.75, 3.05) is 32.7 Å². The molecule has 1 spiro atoms. The predicted molar refractivity (Wildman–Crippen MR) is 89.5 cm³/mol. The van der Waals surface area contributed by atoms with Gasteiger partial charge in [0.2, 0.25) is 5.91 Å². The van der Waals surface area contributed by atoms with Gasteiger partial charge in [0.1, 0.15) is 0 Å². The number of amides is 1. The zero-order valence-electron chi connectivity index (χ0n) is 13.6. The van der Waals surface area contributed by atoms with Gasteiger partial charge in [-0.05, 0) is 36.8 Å². The Morgan fingerprint density at radius 3 is 2.61 bits per heavy atom. The first kappa shape index (κ1) is 15.1. The quantitative estimate of drug-likeness (QED) is 0.764. The van der Waals surface area contributed by atoms with E-state index < -0.39 is 0 Å². The van der Waals surface area contributed by atoms with Crippen molar-refractivity contribution >= 4 is 5.91 Å². The Morgan fingerprint density at radius 1 is 1.13 bits per heavy atom. The molecule has 0 aromatic heterocycles.